The summed E-state index contributed by atoms with van der Waals surface area (Å²) in [5.74, 6) is 0.335. The van der Waals surface area contributed by atoms with Gasteiger partial charge in [-0.05, 0) is 38.5 Å². The lowest BCUT2D eigenvalue weighted by Crippen LogP contribution is -2.37. The number of thioether (sulfide) groups is 1. The fourth-order valence-electron chi connectivity index (χ4n) is 3.85. The average Bonchev–Trinajstić information content (AvgIpc) is 2.63. The Morgan fingerprint density at radius 1 is 1.20 bits per heavy atom. The van der Waals surface area contributed by atoms with Crippen molar-refractivity contribution >= 4 is 17.7 Å². The smallest absolute Gasteiger partial charge is 0.348 e. The molecule has 0 bridgehead atoms. The highest BCUT2D eigenvalue weighted by atomic mass is 32.2. The van der Waals surface area contributed by atoms with Gasteiger partial charge in [0, 0.05) is 17.3 Å². The van der Waals surface area contributed by atoms with Crippen molar-refractivity contribution < 1.29 is 9.90 Å². The Labute approximate surface area is 152 Å². The highest BCUT2D eigenvalue weighted by Crippen LogP contribution is 2.28. The molecule has 1 heterocycles. The maximum absolute atomic E-state index is 12.3. The van der Waals surface area contributed by atoms with Gasteiger partial charge in [0.05, 0.1) is 18.9 Å². The van der Waals surface area contributed by atoms with Crippen LogP contribution in [0.1, 0.15) is 56.2 Å². The van der Waals surface area contributed by atoms with Crippen LogP contribution in [0.25, 0.3) is 0 Å². The van der Waals surface area contributed by atoms with Crippen molar-refractivity contribution in [3.05, 3.63) is 21.7 Å². The van der Waals surface area contributed by atoms with E-state index in [1.165, 1.54) is 31.0 Å². The van der Waals surface area contributed by atoms with Crippen LogP contribution in [0.4, 0.5) is 0 Å². The van der Waals surface area contributed by atoms with Crippen LogP contribution in [-0.4, -0.2) is 39.0 Å². The van der Waals surface area contributed by atoms with E-state index >= 15 is 0 Å². The molecule has 0 aliphatic heterocycles. The molecule has 1 aromatic rings. The minimum atomic E-state index is -0.315. The number of carbonyl (C=O) groups excluding carboxylic acids is 1. The third-order valence-electron chi connectivity index (χ3n) is 5.08. The molecule has 0 atom stereocenters. The lowest BCUT2D eigenvalue weighted by molar-refractivity contribution is -0.119. The highest BCUT2D eigenvalue weighted by molar-refractivity contribution is 7.99. The second kappa shape index (κ2) is 8.85. The molecule has 2 aliphatic carbocycles. The fourth-order valence-corrected chi connectivity index (χ4v) is 4.74. The Morgan fingerprint density at radius 2 is 1.96 bits per heavy atom. The van der Waals surface area contributed by atoms with E-state index in [1.54, 1.807) is 4.57 Å². The predicted molar refractivity (Wildman–Crippen MR) is 98.0 cm³/mol. The van der Waals surface area contributed by atoms with E-state index in [1.807, 2.05) is 0 Å². The van der Waals surface area contributed by atoms with Crippen molar-refractivity contribution in [2.75, 3.05) is 12.4 Å². The molecule has 0 unspecified atom stereocenters. The van der Waals surface area contributed by atoms with Gasteiger partial charge in [-0.1, -0.05) is 31.0 Å². The van der Waals surface area contributed by atoms with Crippen molar-refractivity contribution in [2.24, 2.45) is 0 Å². The van der Waals surface area contributed by atoms with Gasteiger partial charge in [0.2, 0.25) is 5.91 Å². The normalized spacial score (nSPS) is 18.0. The van der Waals surface area contributed by atoms with Crippen LogP contribution in [-0.2, 0) is 24.2 Å². The molecule has 1 fully saturated rings. The van der Waals surface area contributed by atoms with E-state index < -0.39 is 0 Å². The number of hydrogen-bond acceptors (Lipinski definition) is 5. The second-order valence-electron chi connectivity index (χ2n) is 6.90. The van der Waals surface area contributed by atoms with E-state index in [0.717, 1.165) is 49.8 Å². The second-order valence-corrected chi connectivity index (χ2v) is 7.86. The first kappa shape index (κ1) is 18.5. The number of hydrogen-bond donors (Lipinski definition) is 2. The number of nitrogens with zero attached hydrogens (tertiary/aromatic N) is 2. The van der Waals surface area contributed by atoms with Crippen molar-refractivity contribution in [1.82, 2.24) is 14.9 Å². The van der Waals surface area contributed by atoms with Crippen LogP contribution < -0.4 is 11.0 Å². The van der Waals surface area contributed by atoms with Gasteiger partial charge in [-0.15, -0.1) is 0 Å². The van der Waals surface area contributed by atoms with Gasteiger partial charge in [-0.25, -0.2) is 4.79 Å². The number of fused-ring (bicyclic) bond motifs is 1. The highest BCUT2D eigenvalue weighted by Gasteiger charge is 2.21. The van der Waals surface area contributed by atoms with Gasteiger partial charge < -0.3 is 10.4 Å². The van der Waals surface area contributed by atoms with Crippen LogP contribution >= 0.6 is 11.8 Å². The molecular formula is C18H27N3O3S. The molecule has 0 aromatic carbocycles. The summed E-state index contributed by atoms with van der Waals surface area (Å²) in [6.45, 7) is 0.228. The maximum atomic E-state index is 12.3. The topological polar surface area (TPSA) is 84.2 Å². The monoisotopic (exact) mass is 365 g/mol. The number of carbonyl (C=O) groups is 1. The van der Waals surface area contributed by atoms with Crippen LogP contribution in [0, 0.1) is 0 Å². The van der Waals surface area contributed by atoms with E-state index in [4.69, 9.17) is 0 Å². The van der Waals surface area contributed by atoms with E-state index in [9.17, 15) is 14.7 Å². The Kier molecular flexibility index (Phi) is 6.53. The van der Waals surface area contributed by atoms with E-state index in [-0.39, 0.29) is 18.2 Å². The van der Waals surface area contributed by atoms with Crippen LogP contribution in [0.3, 0.4) is 0 Å². The summed E-state index contributed by atoms with van der Waals surface area (Å²) in [6.07, 6.45) is 9.65. The molecule has 1 amide bonds. The molecule has 25 heavy (non-hydrogen) atoms. The largest absolute Gasteiger partial charge is 0.395 e. The molecule has 0 spiro atoms. The number of aliphatic hydroxyl groups excluding tert-OH is 1. The SMILES string of the molecule is O=C(CSc1nc(=O)n(CCO)c2c1CCCC2)NC1CCCCC1. The van der Waals surface area contributed by atoms with Crippen LogP contribution in [0.15, 0.2) is 9.82 Å². The maximum Gasteiger partial charge on any atom is 0.348 e. The van der Waals surface area contributed by atoms with Crippen molar-refractivity contribution in [3.63, 3.8) is 0 Å². The lowest BCUT2D eigenvalue weighted by atomic mass is 9.95. The van der Waals surface area contributed by atoms with Crippen molar-refractivity contribution in [1.29, 1.82) is 0 Å². The molecule has 0 saturated heterocycles. The Bertz CT molecular complexity index is 668. The van der Waals surface area contributed by atoms with Gasteiger partial charge >= 0.3 is 5.69 Å². The summed E-state index contributed by atoms with van der Waals surface area (Å²) < 4.78 is 1.60. The Balaban J connectivity index is 1.68. The molecular weight excluding hydrogens is 338 g/mol. The van der Waals surface area contributed by atoms with Crippen LogP contribution in [0.2, 0.25) is 0 Å². The van der Waals surface area contributed by atoms with Gasteiger partial charge in [0.15, 0.2) is 0 Å². The standard InChI is InChI=1S/C18H27N3O3S/c22-11-10-21-15-9-5-4-8-14(15)17(20-18(21)24)25-12-16(23)19-13-6-2-1-3-7-13/h13,22H,1-12H2,(H,19,23). The molecule has 0 radical (unpaired) electrons. The molecule has 3 rings (SSSR count). The summed E-state index contributed by atoms with van der Waals surface area (Å²) >= 11 is 1.37. The minimum absolute atomic E-state index is 0.0304. The zero-order valence-electron chi connectivity index (χ0n) is 14.6. The van der Waals surface area contributed by atoms with Gasteiger partial charge in [-0.2, -0.15) is 4.98 Å². The summed E-state index contributed by atoms with van der Waals surface area (Å²) in [6, 6.07) is 0.307. The Hall–Kier alpha value is -1.34. The molecule has 2 aliphatic rings. The van der Waals surface area contributed by atoms with E-state index in [0.29, 0.717) is 23.4 Å². The number of aromatic nitrogens is 2. The first-order chi connectivity index (χ1) is 12.2. The zero-order chi connectivity index (χ0) is 17.6. The average molecular weight is 365 g/mol. The first-order valence-corrected chi connectivity index (χ1v) is 10.3. The fraction of sp³-hybridized carbons (Fsp3) is 0.722. The molecule has 1 aromatic heterocycles. The molecule has 138 valence electrons. The van der Waals surface area contributed by atoms with Crippen LogP contribution in [0.5, 0.6) is 0 Å². The van der Waals surface area contributed by atoms with Gasteiger partial charge in [-0.3, -0.25) is 9.36 Å². The van der Waals surface area contributed by atoms with Gasteiger partial charge in [0.1, 0.15) is 5.03 Å². The minimum Gasteiger partial charge on any atom is -0.395 e. The summed E-state index contributed by atoms with van der Waals surface area (Å²) in [5, 5.41) is 13.0. The third kappa shape index (κ3) is 4.64. The lowest BCUT2D eigenvalue weighted by Gasteiger charge is -2.23. The number of aliphatic hydroxyl groups is 1. The molecule has 7 heteroatoms. The quantitative estimate of drug-likeness (QED) is 0.592. The number of nitrogens with one attached hydrogen (secondary N) is 1. The zero-order valence-corrected chi connectivity index (χ0v) is 15.4. The number of amides is 1. The Morgan fingerprint density at radius 3 is 2.72 bits per heavy atom. The van der Waals surface area contributed by atoms with E-state index in [2.05, 4.69) is 10.3 Å². The van der Waals surface area contributed by atoms with Crippen molar-refractivity contribution in [3.8, 4) is 0 Å². The van der Waals surface area contributed by atoms with Gasteiger partial charge in [0.25, 0.3) is 0 Å². The molecule has 2 N–H and O–H groups in total. The molecule has 6 nitrogen and oxygen atoms in total. The third-order valence-corrected chi connectivity index (χ3v) is 6.10. The number of rotatable bonds is 6. The summed E-state index contributed by atoms with van der Waals surface area (Å²) in [7, 11) is 0. The molecule has 1 saturated carbocycles. The van der Waals surface area contributed by atoms with Crippen molar-refractivity contribution in [2.45, 2.75) is 75.4 Å². The summed E-state index contributed by atoms with van der Waals surface area (Å²) in [5.41, 5.74) is 1.77. The summed E-state index contributed by atoms with van der Waals surface area (Å²) in [4.78, 5) is 28.7. The predicted octanol–water partition coefficient (Wildman–Crippen LogP) is 1.66. The first-order valence-electron chi connectivity index (χ1n) is 9.34.